The van der Waals surface area contributed by atoms with Gasteiger partial charge in [-0.3, -0.25) is 0 Å². The lowest BCUT2D eigenvalue weighted by Crippen LogP contribution is -2.48. The van der Waals surface area contributed by atoms with Crippen LogP contribution in [-0.4, -0.2) is 41.8 Å². The molecule has 4 rings (SSSR count). The minimum atomic E-state index is -0.772. The Balaban J connectivity index is 1.77. The largest absolute Gasteiger partial charge is 0.465 e. The van der Waals surface area contributed by atoms with Crippen molar-refractivity contribution >= 4 is 11.8 Å². The SMILES string of the molecule is O=C(O)N1CC[C@H]2[C@@H](C1)c1cccc3c1N2CCCC3. The van der Waals surface area contributed by atoms with Gasteiger partial charge in [0.15, 0.2) is 0 Å². The molecule has 0 radical (unpaired) electrons. The van der Waals surface area contributed by atoms with Crippen molar-refractivity contribution in [1.29, 1.82) is 0 Å². The van der Waals surface area contributed by atoms with E-state index in [2.05, 4.69) is 23.1 Å². The number of benzene rings is 1. The zero-order chi connectivity index (χ0) is 13.7. The summed E-state index contributed by atoms with van der Waals surface area (Å²) in [5, 5.41) is 9.25. The Hall–Kier alpha value is -1.71. The molecule has 1 saturated heterocycles. The molecule has 2 atom stereocenters. The van der Waals surface area contributed by atoms with Crippen LogP contribution >= 0.6 is 0 Å². The van der Waals surface area contributed by atoms with Gasteiger partial charge >= 0.3 is 6.09 Å². The first-order valence-electron chi connectivity index (χ1n) is 7.62. The summed E-state index contributed by atoms with van der Waals surface area (Å²) in [6.45, 7) is 2.47. The maximum Gasteiger partial charge on any atom is 0.407 e. The van der Waals surface area contributed by atoms with Gasteiger partial charge in [-0.25, -0.2) is 4.79 Å². The first-order chi connectivity index (χ1) is 9.75. The third kappa shape index (κ3) is 1.63. The van der Waals surface area contributed by atoms with Gasteiger partial charge < -0.3 is 14.9 Å². The fourth-order valence-corrected chi connectivity index (χ4v) is 4.30. The van der Waals surface area contributed by atoms with Crippen LogP contribution in [0.2, 0.25) is 0 Å². The number of carbonyl (C=O) groups is 1. The summed E-state index contributed by atoms with van der Waals surface area (Å²) in [6.07, 6.45) is 3.88. The van der Waals surface area contributed by atoms with Gasteiger partial charge in [0.25, 0.3) is 0 Å². The highest BCUT2D eigenvalue weighted by Crippen LogP contribution is 2.47. The van der Waals surface area contributed by atoms with E-state index in [1.54, 1.807) is 4.90 Å². The number of para-hydroxylation sites is 1. The van der Waals surface area contributed by atoms with E-state index in [1.807, 2.05) is 0 Å². The van der Waals surface area contributed by atoms with Crippen LogP contribution in [0.15, 0.2) is 18.2 Å². The van der Waals surface area contributed by atoms with Crippen LogP contribution in [0.4, 0.5) is 10.5 Å². The Labute approximate surface area is 119 Å². The molecule has 106 valence electrons. The second kappa shape index (κ2) is 4.40. The number of hydrogen-bond acceptors (Lipinski definition) is 2. The van der Waals surface area contributed by atoms with E-state index >= 15 is 0 Å². The number of fused-ring (bicyclic) bond motifs is 3. The third-order valence-corrected chi connectivity index (χ3v) is 5.18. The quantitative estimate of drug-likeness (QED) is 0.789. The van der Waals surface area contributed by atoms with Crippen molar-refractivity contribution in [2.75, 3.05) is 24.5 Å². The number of rotatable bonds is 0. The Morgan fingerprint density at radius 2 is 2.15 bits per heavy atom. The average molecular weight is 272 g/mol. The van der Waals surface area contributed by atoms with Crippen molar-refractivity contribution in [1.82, 2.24) is 4.90 Å². The zero-order valence-electron chi connectivity index (χ0n) is 11.6. The molecule has 0 unspecified atom stereocenters. The fraction of sp³-hybridized carbons (Fsp3) is 0.562. The van der Waals surface area contributed by atoms with Crippen molar-refractivity contribution in [3.8, 4) is 0 Å². The summed E-state index contributed by atoms with van der Waals surface area (Å²) in [6, 6.07) is 7.14. The lowest BCUT2D eigenvalue weighted by Gasteiger charge is -2.37. The van der Waals surface area contributed by atoms with Gasteiger partial charge in [0.2, 0.25) is 0 Å². The zero-order valence-corrected chi connectivity index (χ0v) is 11.6. The molecule has 1 N–H and O–H groups in total. The summed E-state index contributed by atoms with van der Waals surface area (Å²) in [5.41, 5.74) is 4.30. The maximum atomic E-state index is 11.3. The highest BCUT2D eigenvalue weighted by molar-refractivity contribution is 5.70. The summed E-state index contributed by atoms with van der Waals surface area (Å²) in [5.74, 6) is 0.368. The molecule has 0 bridgehead atoms. The normalized spacial score (nSPS) is 27.8. The van der Waals surface area contributed by atoms with E-state index in [4.69, 9.17) is 0 Å². The van der Waals surface area contributed by atoms with Crippen molar-refractivity contribution in [3.05, 3.63) is 29.3 Å². The van der Waals surface area contributed by atoms with E-state index in [1.165, 1.54) is 36.1 Å². The van der Waals surface area contributed by atoms with Crippen LogP contribution in [0.5, 0.6) is 0 Å². The molecule has 0 saturated carbocycles. The van der Waals surface area contributed by atoms with Crippen molar-refractivity contribution in [3.63, 3.8) is 0 Å². The third-order valence-electron chi connectivity index (χ3n) is 5.18. The molecular formula is C16H20N2O2. The van der Waals surface area contributed by atoms with E-state index in [0.29, 0.717) is 25.0 Å². The minimum absolute atomic E-state index is 0.368. The Morgan fingerprint density at radius 3 is 3.00 bits per heavy atom. The van der Waals surface area contributed by atoms with Crippen molar-refractivity contribution < 1.29 is 9.90 Å². The first kappa shape index (κ1) is 12.1. The first-order valence-corrected chi connectivity index (χ1v) is 7.62. The Bertz CT molecular complexity index is 557. The maximum absolute atomic E-state index is 11.3. The summed E-state index contributed by atoms with van der Waals surface area (Å²) in [7, 11) is 0. The predicted octanol–water partition coefficient (Wildman–Crippen LogP) is 2.68. The Morgan fingerprint density at radius 1 is 1.25 bits per heavy atom. The van der Waals surface area contributed by atoms with Gasteiger partial charge in [0.05, 0.1) is 0 Å². The molecule has 3 aliphatic rings. The topological polar surface area (TPSA) is 43.8 Å². The fourth-order valence-electron chi connectivity index (χ4n) is 4.30. The Kier molecular flexibility index (Phi) is 2.65. The van der Waals surface area contributed by atoms with Gasteiger partial charge in [-0.1, -0.05) is 18.2 Å². The molecule has 1 aromatic carbocycles. The van der Waals surface area contributed by atoms with Gasteiger partial charge in [-0.2, -0.15) is 0 Å². The monoisotopic (exact) mass is 272 g/mol. The van der Waals surface area contributed by atoms with Crippen LogP contribution < -0.4 is 4.90 Å². The molecule has 1 amide bonds. The van der Waals surface area contributed by atoms with Crippen molar-refractivity contribution in [2.24, 2.45) is 0 Å². The van der Waals surface area contributed by atoms with E-state index in [-0.39, 0.29) is 0 Å². The highest BCUT2D eigenvalue weighted by atomic mass is 16.4. The number of anilines is 1. The van der Waals surface area contributed by atoms with Crippen LogP contribution in [0, 0.1) is 0 Å². The number of hydrogen-bond donors (Lipinski definition) is 1. The summed E-state index contributed by atoms with van der Waals surface area (Å²) >= 11 is 0. The molecule has 0 spiro atoms. The highest BCUT2D eigenvalue weighted by Gasteiger charge is 2.43. The molecule has 3 aliphatic heterocycles. The lowest BCUT2D eigenvalue weighted by molar-refractivity contribution is 0.127. The molecule has 3 heterocycles. The van der Waals surface area contributed by atoms with Crippen LogP contribution in [-0.2, 0) is 6.42 Å². The second-order valence-electron chi connectivity index (χ2n) is 6.20. The molecule has 0 aliphatic carbocycles. The number of nitrogens with zero attached hydrogens (tertiary/aromatic N) is 2. The molecule has 4 nitrogen and oxygen atoms in total. The number of likely N-dealkylation sites (tertiary alicyclic amines) is 1. The van der Waals surface area contributed by atoms with Gasteiger partial charge in [0.1, 0.15) is 0 Å². The number of carboxylic acid groups (broad SMARTS) is 1. The summed E-state index contributed by atoms with van der Waals surface area (Å²) in [4.78, 5) is 15.4. The molecule has 20 heavy (non-hydrogen) atoms. The lowest BCUT2D eigenvalue weighted by atomic mass is 9.88. The number of aryl methyl sites for hydroxylation is 1. The van der Waals surface area contributed by atoms with Crippen LogP contribution in [0.3, 0.4) is 0 Å². The van der Waals surface area contributed by atoms with Gasteiger partial charge in [-0.15, -0.1) is 0 Å². The molecule has 1 aromatic rings. The number of amides is 1. The predicted molar refractivity (Wildman–Crippen MR) is 77.5 cm³/mol. The standard InChI is InChI=1S/C16H20N2O2/c19-16(20)17-9-7-14-13(10-17)12-6-3-5-11-4-1-2-8-18(14)15(11)12/h3,5-6,13-14H,1-2,4,7-10H2,(H,19,20)/t13-,14-/m0/s1. The molecule has 0 aromatic heterocycles. The number of piperidine rings is 1. The van der Waals surface area contributed by atoms with Crippen LogP contribution in [0.1, 0.15) is 36.3 Å². The van der Waals surface area contributed by atoms with Crippen LogP contribution in [0.25, 0.3) is 0 Å². The smallest absolute Gasteiger partial charge is 0.407 e. The molecule has 4 heteroatoms. The van der Waals surface area contributed by atoms with E-state index in [9.17, 15) is 9.90 Å². The van der Waals surface area contributed by atoms with Gasteiger partial charge in [0, 0.05) is 37.3 Å². The van der Waals surface area contributed by atoms with E-state index in [0.717, 1.165) is 13.0 Å². The average Bonchev–Trinajstić information content (AvgIpc) is 2.63. The second-order valence-corrected chi connectivity index (χ2v) is 6.20. The van der Waals surface area contributed by atoms with Crippen molar-refractivity contribution in [2.45, 2.75) is 37.6 Å². The molecular weight excluding hydrogens is 252 g/mol. The van der Waals surface area contributed by atoms with E-state index < -0.39 is 6.09 Å². The minimum Gasteiger partial charge on any atom is -0.465 e. The van der Waals surface area contributed by atoms with Gasteiger partial charge in [-0.05, 0) is 36.8 Å². The summed E-state index contributed by atoms with van der Waals surface area (Å²) < 4.78 is 0. The molecule has 1 fully saturated rings.